The molecule has 106 valence electrons. The van der Waals surface area contributed by atoms with Crippen LogP contribution >= 0.6 is 27.5 Å². The Labute approximate surface area is 133 Å². The molecule has 0 amide bonds. The normalized spacial score (nSPS) is 12.1. The van der Waals surface area contributed by atoms with E-state index in [9.17, 15) is 0 Å². The molecule has 0 saturated carbocycles. The van der Waals surface area contributed by atoms with Gasteiger partial charge in [-0.05, 0) is 54.0 Å². The van der Waals surface area contributed by atoms with Crippen molar-refractivity contribution in [1.82, 2.24) is 0 Å². The molecule has 1 unspecified atom stereocenters. The van der Waals surface area contributed by atoms with Crippen LogP contribution in [0.1, 0.15) is 24.1 Å². The van der Waals surface area contributed by atoms with E-state index in [4.69, 9.17) is 16.3 Å². The number of nitrogens with one attached hydrogen (secondary N) is 1. The van der Waals surface area contributed by atoms with Gasteiger partial charge in [0.2, 0.25) is 0 Å². The Morgan fingerprint density at radius 2 is 1.95 bits per heavy atom. The van der Waals surface area contributed by atoms with E-state index in [2.05, 4.69) is 41.2 Å². The van der Waals surface area contributed by atoms with Crippen LogP contribution in [0.4, 0.5) is 5.69 Å². The smallest absolute Gasteiger partial charge is 0.124 e. The van der Waals surface area contributed by atoms with E-state index in [0.717, 1.165) is 21.5 Å². The molecule has 0 saturated heterocycles. The van der Waals surface area contributed by atoms with Gasteiger partial charge in [-0.3, -0.25) is 0 Å². The molecule has 0 aliphatic carbocycles. The number of methoxy groups -OCH3 is 1. The van der Waals surface area contributed by atoms with Gasteiger partial charge in [-0.1, -0.05) is 29.3 Å². The summed E-state index contributed by atoms with van der Waals surface area (Å²) in [6.45, 7) is 4.18. The van der Waals surface area contributed by atoms with Crippen molar-refractivity contribution >= 4 is 33.2 Å². The van der Waals surface area contributed by atoms with Crippen molar-refractivity contribution in [1.29, 1.82) is 0 Å². The largest absolute Gasteiger partial charge is 0.496 e. The van der Waals surface area contributed by atoms with E-state index >= 15 is 0 Å². The Kier molecular flexibility index (Phi) is 4.95. The Morgan fingerprint density at radius 3 is 2.60 bits per heavy atom. The van der Waals surface area contributed by atoms with Gasteiger partial charge in [0.05, 0.1) is 18.2 Å². The molecule has 1 N–H and O–H groups in total. The van der Waals surface area contributed by atoms with E-state index in [1.54, 1.807) is 7.11 Å². The Hall–Kier alpha value is -1.19. The Bertz CT molecular complexity index is 615. The fraction of sp³-hybridized carbons (Fsp3) is 0.250. The van der Waals surface area contributed by atoms with Crippen molar-refractivity contribution in [3.63, 3.8) is 0 Å². The van der Waals surface area contributed by atoms with E-state index in [1.165, 1.54) is 5.56 Å². The van der Waals surface area contributed by atoms with E-state index in [1.807, 2.05) is 30.3 Å². The summed E-state index contributed by atoms with van der Waals surface area (Å²) >= 11 is 9.51. The average Bonchev–Trinajstić information content (AvgIpc) is 2.43. The molecule has 2 rings (SSSR count). The summed E-state index contributed by atoms with van der Waals surface area (Å²) in [6.07, 6.45) is 0. The standard InChI is InChI=1S/C16H17BrClNO/c1-10-4-7-16(20-3)13(8-10)11(2)19-12-5-6-14(17)15(18)9-12/h4-9,11,19H,1-3H3. The van der Waals surface area contributed by atoms with Crippen LogP contribution in [0, 0.1) is 6.92 Å². The zero-order valence-electron chi connectivity index (χ0n) is 11.7. The minimum atomic E-state index is 0.127. The highest BCUT2D eigenvalue weighted by atomic mass is 79.9. The fourth-order valence-electron chi connectivity index (χ4n) is 2.11. The van der Waals surface area contributed by atoms with Crippen LogP contribution in [0.5, 0.6) is 5.75 Å². The van der Waals surface area contributed by atoms with E-state index in [0.29, 0.717) is 5.02 Å². The first-order chi connectivity index (χ1) is 9.51. The molecule has 0 aliphatic rings. The topological polar surface area (TPSA) is 21.3 Å². The molecule has 0 heterocycles. The van der Waals surface area contributed by atoms with E-state index < -0.39 is 0 Å². The molecule has 0 spiro atoms. The molecule has 0 fully saturated rings. The predicted molar refractivity (Wildman–Crippen MR) is 88.9 cm³/mol. The van der Waals surface area contributed by atoms with Crippen LogP contribution in [0.25, 0.3) is 0 Å². The number of anilines is 1. The van der Waals surface area contributed by atoms with Gasteiger partial charge in [-0.25, -0.2) is 0 Å². The zero-order chi connectivity index (χ0) is 14.7. The van der Waals surface area contributed by atoms with Crippen LogP contribution in [-0.2, 0) is 0 Å². The first-order valence-corrected chi connectivity index (χ1v) is 7.54. The number of hydrogen-bond donors (Lipinski definition) is 1. The van der Waals surface area contributed by atoms with Crippen LogP contribution in [0.2, 0.25) is 5.02 Å². The van der Waals surface area contributed by atoms with Crippen molar-refractivity contribution in [3.8, 4) is 5.75 Å². The molecule has 20 heavy (non-hydrogen) atoms. The second kappa shape index (κ2) is 6.51. The minimum absolute atomic E-state index is 0.127. The molecule has 0 aromatic heterocycles. The van der Waals surface area contributed by atoms with E-state index in [-0.39, 0.29) is 6.04 Å². The SMILES string of the molecule is COc1ccc(C)cc1C(C)Nc1ccc(Br)c(Cl)c1. The number of hydrogen-bond acceptors (Lipinski definition) is 2. The van der Waals surface area contributed by atoms with Crippen molar-refractivity contribution in [3.05, 3.63) is 57.0 Å². The lowest BCUT2D eigenvalue weighted by Gasteiger charge is -2.19. The maximum absolute atomic E-state index is 6.12. The van der Waals surface area contributed by atoms with Gasteiger partial charge in [-0.2, -0.15) is 0 Å². The highest BCUT2D eigenvalue weighted by Crippen LogP contribution is 2.31. The number of benzene rings is 2. The summed E-state index contributed by atoms with van der Waals surface area (Å²) in [7, 11) is 1.69. The van der Waals surface area contributed by atoms with Gasteiger partial charge in [0.1, 0.15) is 5.75 Å². The predicted octanol–water partition coefficient (Wildman–Crippen LogP) is 5.59. The van der Waals surface area contributed by atoms with Gasteiger partial charge < -0.3 is 10.1 Å². The molecule has 1 atom stereocenters. The molecule has 2 aromatic rings. The maximum Gasteiger partial charge on any atom is 0.124 e. The maximum atomic E-state index is 6.12. The van der Waals surface area contributed by atoms with Crippen molar-refractivity contribution in [2.24, 2.45) is 0 Å². The van der Waals surface area contributed by atoms with Gasteiger partial charge >= 0.3 is 0 Å². The lowest BCUT2D eigenvalue weighted by molar-refractivity contribution is 0.408. The lowest BCUT2D eigenvalue weighted by atomic mass is 10.0. The van der Waals surface area contributed by atoms with Crippen LogP contribution in [-0.4, -0.2) is 7.11 Å². The summed E-state index contributed by atoms with van der Waals surface area (Å²) in [5.74, 6) is 0.888. The molecular weight excluding hydrogens is 338 g/mol. The number of ether oxygens (including phenoxy) is 1. The summed E-state index contributed by atoms with van der Waals surface area (Å²) in [6, 6.07) is 12.1. The van der Waals surface area contributed by atoms with Crippen molar-refractivity contribution in [2.75, 3.05) is 12.4 Å². The summed E-state index contributed by atoms with van der Waals surface area (Å²) in [5, 5.41) is 4.14. The Morgan fingerprint density at radius 1 is 1.20 bits per heavy atom. The second-order valence-electron chi connectivity index (χ2n) is 4.74. The third-order valence-corrected chi connectivity index (χ3v) is 4.39. The van der Waals surface area contributed by atoms with Gasteiger partial charge in [0.15, 0.2) is 0 Å². The highest BCUT2D eigenvalue weighted by molar-refractivity contribution is 9.10. The molecule has 0 aliphatic heterocycles. The molecule has 0 bridgehead atoms. The first kappa shape index (κ1) is 15.2. The van der Waals surface area contributed by atoms with Crippen LogP contribution in [0.15, 0.2) is 40.9 Å². The monoisotopic (exact) mass is 353 g/mol. The third kappa shape index (κ3) is 3.47. The summed E-state index contributed by atoms with van der Waals surface area (Å²) < 4.78 is 6.32. The minimum Gasteiger partial charge on any atom is -0.496 e. The molecule has 2 nitrogen and oxygen atoms in total. The summed E-state index contributed by atoms with van der Waals surface area (Å²) in [5.41, 5.74) is 3.32. The quantitative estimate of drug-likeness (QED) is 0.772. The molecule has 4 heteroatoms. The lowest BCUT2D eigenvalue weighted by Crippen LogP contribution is -2.08. The molecule has 0 radical (unpaired) electrons. The highest BCUT2D eigenvalue weighted by Gasteiger charge is 2.12. The Balaban J connectivity index is 2.25. The number of rotatable bonds is 4. The molecular formula is C16H17BrClNO. The van der Waals surface area contributed by atoms with Crippen molar-refractivity contribution in [2.45, 2.75) is 19.9 Å². The second-order valence-corrected chi connectivity index (χ2v) is 6.00. The first-order valence-electron chi connectivity index (χ1n) is 6.37. The average molecular weight is 355 g/mol. The van der Waals surface area contributed by atoms with Gasteiger partial charge in [0.25, 0.3) is 0 Å². The summed E-state index contributed by atoms with van der Waals surface area (Å²) in [4.78, 5) is 0. The third-order valence-electron chi connectivity index (χ3n) is 3.15. The van der Waals surface area contributed by atoms with Crippen molar-refractivity contribution < 1.29 is 4.74 Å². The zero-order valence-corrected chi connectivity index (χ0v) is 14.0. The van der Waals surface area contributed by atoms with Crippen LogP contribution in [0.3, 0.4) is 0 Å². The molecule has 2 aromatic carbocycles. The fourth-order valence-corrected chi connectivity index (χ4v) is 2.53. The van der Waals surface area contributed by atoms with Crippen LogP contribution < -0.4 is 10.1 Å². The number of aryl methyl sites for hydroxylation is 1. The number of halogens is 2. The van der Waals surface area contributed by atoms with Gasteiger partial charge in [-0.15, -0.1) is 0 Å². The van der Waals surface area contributed by atoms with Gasteiger partial charge in [0, 0.05) is 15.7 Å².